The maximum absolute atomic E-state index is 10.3. The van der Waals surface area contributed by atoms with Gasteiger partial charge in [-0.1, -0.05) is 0 Å². The smallest absolute Gasteiger partial charge is 0.185 e. The highest BCUT2D eigenvalue weighted by Crippen LogP contribution is 2.21. The van der Waals surface area contributed by atoms with Crippen LogP contribution in [0.3, 0.4) is 0 Å². The summed E-state index contributed by atoms with van der Waals surface area (Å²) in [4.78, 5) is 14.2. The first-order chi connectivity index (χ1) is 4.66. The van der Waals surface area contributed by atoms with Crippen molar-refractivity contribution in [1.82, 2.24) is 9.55 Å². The van der Waals surface area contributed by atoms with E-state index in [0.29, 0.717) is 16.7 Å². The van der Waals surface area contributed by atoms with E-state index in [1.807, 2.05) is 0 Å². The molecule has 1 heterocycles. The largest absolute Gasteiger partial charge is 0.319 e. The van der Waals surface area contributed by atoms with Gasteiger partial charge in [0.15, 0.2) is 12.1 Å². The molecule has 10 heavy (non-hydrogen) atoms. The Bertz CT molecular complexity index is 269. The van der Waals surface area contributed by atoms with Crippen LogP contribution in [0.2, 0.25) is 0 Å². The number of nitrogens with zero attached hydrogens (tertiary/aromatic N) is 2. The maximum atomic E-state index is 10.3. The molecule has 0 aliphatic rings. The average molecular weight is 268 g/mol. The Morgan fingerprint density at radius 2 is 2.20 bits per heavy atom. The van der Waals surface area contributed by atoms with Crippen molar-refractivity contribution in [3.8, 4) is 0 Å². The molecule has 0 atom stereocenters. The third-order valence-corrected chi connectivity index (χ3v) is 3.12. The Balaban J connectivity index is 3.30. The fourth-order valence-corrected chi connectivity index (χ4v) is 1.28. The second-order valence-electron chi connectivity index (χ2n) is 1.73. The van der Waals surface area contributed by atoms with E-state index >= 15 is 0 Å². The Morgan fingerprint density at radius 3 is 2.40 bits per heavy atom. The predicted octanol–water partition coefficient (Wildman–Crippen LogP) is 1.76. The van der Waals surface area contributed by atoms with Gasteiger partial charge in [-0.2, -0.15) is 0 Å². The van der Waals surface area contributed by atoms with E-state index < -0.39 is 0 Å². The number of halogens is 2. The summed E-state index contributed by atoms with van der Waals surface area (Å²) in [5.41, 5.74) is 0. The minimum Gasteiger partial charge on any atom is -0.319 e. The molecule has 1 aromatic heterocycles. The molecular weight excluding hydrogens is 264 g/mol. The Hall–Kier alpha value is -0.160. The summed E-state index contributed by atoms with van der Waals surface area (Å²) in [5.74, 6) is 0.402. The molecule has 0 saturated heterocycles. The van der Waals surface area contributed by atoms with E-state index in [2.05, 4.69) is 36.8 Å². The first-order valence-corrected chi connectivity index (χ1v) is 4.08. The number of aromatic nitrogens is 2. The van der Waals surface area contributed by atoms with Crippen molar-refractivity contribution in [3.63, 3.8) is 0 Å². The predicted molar refractivity (Wildman–Crippen MR) is 44.0 cm³/mol. The van der Waals surface area contributed by atoms with Crippen LogP contribution < -0.4 is 0 Å². The number of aldehydes is 1. The van der Waals surface area contributed by atoms with Crippen molar-refractivity contribution < 1.29 is 4.79 Å². The van der Waals surface area contributed by atoms with Crippen LogP contribution in [-0.2, 0) is 7.05 Å². The van der Waals surface area contributed by atoms with Gasteiger partial charge in [0.2, 0.25) is 0 Å². The maximum Gasteiger partial charge on any atom is 0.185 e. The summed E-state index contributed by atoms with van der Waals surface area (Å²) in [7, 11) is 1.76. The lowest BCUT2D eigenvalue weighted by Crippen LogP contribution is -1.94. The molecule has 5 heteroatoms. The van der Waals surface area contributed by atoms with Crippen LogP contribution in [-0.4, -0.2) is 15.8 Å². The van der Waals surface area contributed by atoms with Crippen LogP contribution in [0.1, 0.15) is 10.6 Å². The standard InChI is InChI=1S/C5H4Br2N2O/c1-9-3(2-10)8-4(6)5(9)7/h2H,1H3. The number of imidazole rings is 1. The van der Waals surface area contributed by atoms with E-state index in [9.17, 15) is 4.79 Å². The zero-order valence-electron chi connectivity index (χ0n) is 5.14. The molecule has 0 unspecified atom stereocenters. The molecule has 0 aliphatic carbocycles. The van der Waals surface area contributed by atoms with Gasteiger partial charge < -0.3 is 4.57 Å². The molecule has 0 aliphatic heterocycles. The van der Waals surface area contributed by atoms with Crippen molar-refractivity contribution in [2.24, 2.45) is 7.05 Å². The van der Waals surface area contributed by atoms with E-state index in [0.717, 1.165) is 4.60 Å². The van der Waals surface area contributed by atoms with Crippen molar-refractivity contribution >= 4 is 38.1 Å². The lowest BCUT2D eigenvalue weighted by molar-refractivity contribution is 0.111. The van der Waals surface area contributed by atoms with Gasteiger partial charge in [-0.05, 0) is 31.9 Å². The first-order valence-electron chi connectivity index (χ1n) is 2.49. The molecular formula is C5H4Br2N2O. The monoisotopic (exact) mass is 266 g/mol. The highest BCUT2D eigenvalue weighted by atomic mass is 79.9. The number of hydrogen-bond acceptors (Lipinski definition) is 2. The number of rotatable bonds is 1. The number of carbonyl (C=O) groups excluding carboxylic acids is 1. The Morgan fingerprint density at radius 1 is 1.60 bits per heavy atom. The molecule has 1 rings (SSSR count). The van der Waals surface area contributed by atoms with Crippen molar-refractivity contribution in [2.75, 3.05) is 0 Å². The van der Waals surface area contributed by atoms with E-state index in [-0.39, 0.29) is 0 Å². The third-order valence-electron chi connectivity index (χ3n) is 1.13. The van der Waals surface area contributed by atoms with Gasteiger partial charge in [-0.25, -0.2) is 4.98 Å². The Kier molecular flexibility index (Phi) is 2.25. The number of hydrogen-bond donors (Lipinski definition) is 0. The van der Waals surface area contributed by atoms with Gasteiger partial charge in [-0.15, -0.1) is 0 Å². The summed E-state index contributed by atoms with van der Waals surface area (Å²) in [6, 6.07) is 0. The molecule has 1 aromatic rings. The van der Waals surface area contributed by atoms with Crippen LogP contribution in [0, 0.1) is 0 Å². The van der Waals surface area contributed by atoms with Crippen LogP contribution >= 0.6 is 31.9 Å². The minimum absolute atomic E-state index is 0.402. The normalized spacial score (nSPS) is 9.90. The summed E-state index contributed by atoms with van der Waals surface area (Å²) in [6.07, 6.45) is 0.704. The van der Waals surface area contributed by atoms with Gasteiger partial charge in [0.25, 0.3) is 0 Å². The zero-order chi connectivity index (χ0) is 7.72. The zero-order valence-corrected chi connectivity index (χ0v) is 8.31. The summed E-state index contributed by atoms with van der Waals surface area (Å²) < 4.78 is 3.07. The quantitative estimate of drug-likeness (QED) is 0.727. The summed E-state index contributed by atoms with van der Waals surface area (Å²) in [6.45, 7) is 0. The van der Waals surface area contributed by atoms with E-state index in [1.54, 1.807) is 11.6 Å². The molecule has 0 N–H and O–H groups in total. The van der Waals surface area contributed by atoms with E-state index in [1.165, 1.54) is 0 Å². The Labute approximate surface area is 74.7 Å². The SMILES string of the molecule is Cn1c(C=O)nc(Br)c1Br. The first kappa shape index (κ1) is 7.94. The lowest BCUT2D eigenvalue weighted by Gasteiger charge is -1.91. The molecule has 0 saturated carbocycles. The molecule has 0 aromatic carbocycles. The highest BCUT2D eigenvalue weighted by molar-refractivity contribution is 9.13. The van der Waals surface area contributed by atoms with Crippen molar-refractivity contribution in [3.05, 3.63) is 15.0 Å². The van der Waals surface area contributed by atoms with Gasteiger partial charge in [0.05, 0.1) is 0 Å². The van der Waals surface area contributed by atoms with Gasteiger partial charge in [0.1, 0.15) is 9.21 Å². The fraction of sp³-hybridized carbons (Fsp3) is 0.200. The number of carbonyl (C=O) groups is 1. The molecule has 0 amide bonds. The highest BCUT2D eigenvalue weighted by Gasteiger charge is 2.07. The van der Waals surface area contributed by atoms with Gasteiger partial charge >= 0.3 is 0 Å². The summed E-state index contributed by atoms with van der Waals surface area (Å²) in [5, 5.41) is 0. The van der Waals surface area contributed by atoms with Crippen LogP contribution in [0.4, 0.5) is 0 Å². The van der Waals surface area contributed by atoms with Crippen LogP contribution in [0.15, 0.2) is 9.21 Å². The molecule has 0 spiro atoms. The third kappa shape index (κ3) is 1.15. The molecule has 3 nitrogen and oxygen atoms in total. The van der Waals surface area contributed by atoms with Crippen LogP contribution in [0.25, 0.3) is 0 Å². The fourth-order valence-electron chi connectivity index (χ4n) is 0.566. The van der Waals surface area contributed by atoms with E-state index in [4.69, 9.17) is 0 Å². The van der Waals surface area contributed by atoms with Crippen molar-refractivity contribution in [1.29, 1.82) is 0 Å². The average Bonchev–Trinajstić information content (AvgIpc) is 2.17. The molecule has 54 valence electrons. The molecule has 0 radical (unpaired) electrons. The summed E-state index contributed by atoms with van der Waals surface area (Å²) >= 11 is 6.41. The molecule has 0 fully saturated rings. The molecule has 0 bridgehead atoms. The van der Waals surface area contributed by atoms with Gasteiger partial charge in [-0.3, -0.25) is 4.79 Å². The topological polar surface area (TPSA) is 34.9 Å². The van der Waals surface area contributed by atoms with Gasteiger partial charge in [0, 0.05) is 7.05 Å². The van der Waals surface area contributed by atoms with Crippen LogP contribution in [0.5, 0.6) is 0 Å². The lowest BCUT2D eigenvalue weighted by atomic mass is 10.7. The second-order valence-corrected chi connectivity index (χ2v) is 3.23. The minimum atomic E-state index is 0.402. The van der Waals surface area contributed by atoms with Crippen molar-refractivity contribution in [2.45, 2.75) is 0 Å². The second kappa shape index (κ2) is 2.84.